The van der Waals surface area contributed by atoms with Crippen LogP contribution in [0.3, 0.4) is 0 Å². The van der Waals surface area contributed by atoms with Crippen LogP contribution in [0.4, 0.5) is 21.5 Å². The third-order valence-corrected chi connectivity index (χ3v) is 2.95. The van der Waals surface area contributed by atoms with Gasteiger partial charge in [0.2, 0.25) is 0 Å². The number of anilines is 3. The molecule has 0 spiro atoms. The highest BCUT2D eigenvalue weighted by Crippen LogP contribution is 2.26. The maximum atomic E-state index is 13.6. The summed E-state index contributed by atoms with van der Waals surface area (Å²) in [7, 11) is 0. The zero-order valence-electron chi connectivity index (χ0n) is 9.30. The number of nitrogens with two attached hydrogens (primary N) is 1. The van der Waals surface area contributed by atoms with Crippen LogP contribution in [0.1, 0.15) is 5.56 Å². The summed E-state index contributed by atoms with van der Waals surface area (Å²) in [4.78, 5) is 0. The van der Waals surface area contributed by atoms with E-state index in [1.165, 1.54) is 6.07 Å². The molecule has 3 N–H and O–H groups in total. The highest BCUT2D eigenvalue weighted by molar-refractivity contribution is 9.10. The van der Waals surface area contributed by atoms with Gasteiger partial charge in [-0.25, -0.2) is 4.39 Å². The minimum Gasteiger partial charge on any atom is -0.399 e. The molecule has 0 heterocycles. The summed E-state index contributed by atoms with van der Waals surface area (Å²) < 4.78 is 14.4. The normalized spacial score (nSPS) is 10.3. The summed E-state index contributed by atoms with van der Waals surface area (Å²) in [5.41, 5.74) is 8.60. The lowest BCUT2D eigenvalue weighted by molar-refractivity contribution is 0.631. The number of nitrogen functional groups attached to an aromatic ring is 1. The Morgan fingerprint density at radius 1 is 1.12 bits per heavy atom. The first-order valence-corrected chi connectivity index (χ1v) is 5.94. The summed E-state index contributed by atoms with van der Waals surface area (Å²) in [6.07, 6.45) is 0. The number of rotatable bonds is 2. The van der Waals surface area contributed by atoms with Crippen molar-refractivity contribution in [2.75, 3.05) is 11.1 Å². The molecule has 0 amide bonds. The van der Waals surface area contributed by atoms with Gasteiger partial charge < -0.3 is 11.1 Å². The second-order valence-corrected chi connectivity index (χ2v) is 4.74. The van der Waals surface area contributed by atoms with Gasteiger partial charge in [0.1, 0.15) is 5.82 Å². The summed E-state index contributed by atoms with van der Waals surface area (Å²) in [5, 5.41) is 3.04. The fourth-order valence-corrected chi connectivity index (χ4v) is 1.87. The molecule has 17 heavy (non-hydrogen) atoms. The van der Waals surface area contributed by atoms with Crippen molar-refractivity contribution in [3.8, 4) is 0 Å². The van der Waals surface area contributed by atoms with E-state index in [9.17, 15) is 4.39 Å². The van der Waals surface area contributed by atoms with Crippen molar-refractivity contribution in [1.29, 1.82) is 0 Å². The van der Waals surface area contributed by atoms with Crippen LogP contribution in [-0.4, -0.2) is 0 Å². The number of hydrogen-bond donors (Lipinski definition) is 2. The van der Waals surface area contributed by atoms with E-state index in [1.807, 2.05) is 19.1 Å². The third kappa shape index (κ3) is 2.77. The van der Waals surface area contributed by atoms with E-state index in [-0.39, 0.29) is 5.82 Å². The van der Waals surface area contributed by atoms with Gasteiger partial charge in [0, 0.05) is 15.8 Å². The summed E-state index contributed by atoms with van der Waals surface area (Å²) in [6, 6.07) is 10.3. The van der Waals surface area contributed by atoms with Crippen molar-refractivity contribution in [2.24, 2.45) is 0 Å². The second kappa shape index (κ2) is 4.75. The predicted octanol–water partition coefficient (Wildman–Crippen LogP) is 4.22. The summed E-state index contributed by atoms with van der Waals surface area (Å²) in [5.74, 6) is -0.296. The van der Waals surface area contributed by atoms with Crippen LogP contribution in [0.2, 0.25) is 0 Å². The minimum atomic E-state index is -0.296. The molecule has 0 aromatic heterocycles. The minimum absolute atomic E-state index is 0.296. The van der Waals surface area contributed by atoms with Gasteiger partial charge in [0.05, 0.1) is 5.69 Å². The Balaban J connectivity index is 2.37. The topological polar surface area (TPSA) is 38.0 Å². The largest absolute Gasteiger partial charge is 0.399 e. The number of aryl methyl sites for hydroxylation is 1. The number of nitrogens with one attached hydrogen (secondary N) is 1. The van der Waals surface area contributed by atoms with Crippen molar-refractivity contribution in [1.82, 2.24) is 0 Å². The molecule has 0 saturated heterocycles. The van der Waals surface area contributed by atoms with Gasteiger partial charge in [0.15, 0.2) is 0 Å². The molecule has 4 heteroatoms. The Morgan fingerprint density at radius 3 is 2.65 bits per heavy atom. The zero-order valence-corrected chi connectivity index (χ0v) is 10.9. The highest BCUT2D eigenvalue weighted by atomic mass is 79.9. The van der Waals surface area contributed by atoms with Crippen LogP contribution >= 0.6 is 15.9 Å². The van der Waals surface area contributed by atoms with Crippen LogP contribution in [0, 0.1) is 12.7 Å². The van der Waals surface area contributed by atoms with Crippen molar-refractivity contribution < 1.29 is 4.39 Å². The highest BCUT2D eigenvalue weighted by Gasteiger charge is 2.05. The molecule has 0 aliphatic carbocycles. The molecule has 0 radical (unpaired) electrons. The molecule has 0 aliphatic rings. The molecule has 0 bridgehead atoms. The van der Waals surface area contributed by atoms with Crippen LogP contribution in [0.15, 0.2) is 40.9 Å². The smallest absolute Gasteiger partial charge is 0.146 e. The van der Waals surface area contributed by atoms with Gasteiger partial charge in [-0.1, -0.05) is 22.0 Å². The van der Waals surface area contributed by atoms with E-state index in [4.69, 9.17) is 5.73 Å². The Morgan fingerprint density at radius 2 is 1.88 bits per heavy atom. The summed E-state index contributed by atoms with van der Waals surface area (Å²) in [6.45, 7) is 1.94. The van der Waals surface area contributed by atoms with Crippen LogP contribution in [0.25, 0.3) is 0 Å². The molecule has 2 nitrogen and oxygen atoms in total. The molecular weight excluding hydrogens is 283 g/mol. The molecule has 0 atom stereocenters. The van der Waals surface area contributed by atoms with Gasteiger partial charge >= 0.3 is 0 Å². The number of hydrogen-bond acceptors (Lipinski definition) is 2. The van der Waals surface area contributed by atoms with Crippen LogP contribution < -0.4 is 11.1 Å². The fraction of sp³-hybridized carbons (Fsp3) is 0.0769. The molecule has 88 valence electrons. The molecular formula is C13H12BrFN2. The summed E-state index contributed by atoms with van der Waals surface area (Å²) >= 11 is 3.31. The number of halogens is 2. The van der Waals surface area contributed by atoms with Crippen LogP contribution in [0.5, 0.6) is 0 Å². The van der Waals surface area contributed by atoms with Gasteiger partial charge in [0.25, 0.3) is 0 Å². The average molecular weight is 295 g/mol. The molecule has 0 unspecified atom stereocenters. The first-order chi connectivity index (χ1) is 8.06. The Kier molecular flexibility index (Phi) is 3.33. The lowest BCUT2D eigenvalue weighted by Crippen LogP contribution is -1.97. The molecule has 2 aromatic carbocycles. The second-order valence-electron chi connectivity index (χ2n) is 3.82. The van der Waals surface area contributed by atoms with Gasteiger partial charge in [-0.3, -0.25) is 0 Å². The maximum absolute atomic E-state index is 13.6. The molecule has 2 aromatic rings. The molecule has 2 rings (SSSR count). The standard InChI is InChI=1S/C13H12BrFN2/c1-8-2-4-10(16)7-12(8)17-13-6-9(14)3-5-11(13)15/h2-7,17H,16H2,1H3. The van der Waals surface area contributed by atoms with E-state index in [2.05, 4.69) is 21.2 Å². The Labute approximate surface area is 108 Å². The lowest BCUT2D eigenvalue weighted by Gasteiger charge is -2.11. The van der Waals surface area contributed by atoms with Gasteiger partial charge in [-0.2, -0.15) is 0 Å². The van der Waals surface area contributed by atoms with Crippen molar-refractivity contribution in [3.05, 3.63) is 52.3 Å². The van der Waals surface area contributed by atoms with E-state index in [0.717, 1.165) is 15.7 Å². The van der Waals surface area contributed by atoms with Gasteiger partial charge in [-0.15, -0.1) is 0 Å². The predicted molar refractivity (Wildman–Crippen MR) is 73.0 cm³/mol. The van der Waals surface area contributed by atoms with Crippen molar-refractivity contribution in [2.45, 2.75) is 6.92 Å². The fourth-order valence-electron chi connectivity index (χ4n) is 1.51. The molecule has 0 aliphatic heterocycles. The van der Waals surface area contributed by atoms with E-state index >= 15 is 0 Å². The first-order valence-electron chi connectivity index (χ1n) is 5.14. The third-order valence-electron chi connectivity index (χ3n) is 2.46. The van der Waals surface area contributed by atoms with Gasteiger partial charge in [-0.05, 0) is 42.8 Å². The first kappa shape index (κ1) is 11.9. The lowest BCUT2D eigenvalue weighted by atomic mass is 10.1. The Bertz CT molecular complexity index is 506. The molecule has 0 fully saturated rings. The van der Waals surface area contributed by atoms with Crippen molar-refractivity contribution >= 4 is 33.0 Å². The average Bonchev–Trinajstić information content (AvgIpc) is 2.28. The van der Waals surface area contributed by atoms with Crippen LogP contribution in [-0.2, 0) is 0 Å². The van der Waals surface area contributed by atoms with E-state index in [1.54, 1.807) is 18.2 Å². The Hall–Kier alpha value is -1.55. The quantitative estimate of drug-likeness (QED) is 0.814. The zero-order chi connectivity index (χ0) is 12.4. The maximum Gasteiger partial charge on any atom is 0.146 e. The van der Waals surface area contributed by atoms with E-state index in [0.29, 0.717) is 11.4 Å². The number of benzene rings is 2. The van der Waals surface area contributed by atoms with E-state index < -0.39 is 0 Å². The SMILES string of the molecule is Cc1ccc(N)cc1Nc1cc(Br)ccc1F. The monoisotopic (exact) mass is 294 g/mol. The van der Waals surface area contributed by atoms with Crippen molar-refractivity contribution in [3.63, 3.8) is 0 Å². The molecule has 0 saturated carbocycles.